The number of benzene rings is 1. The van der Waals surface area contributed by atoms with Gasteiger partial charge in [-0.25, -0.2) is 0 Å². The SMILES string of the molecule is CCCN(CC(=O)Nc1ccc(Cl)c(Cl)c1)C(C)=O. The van der Waals surface area contributed by atoms with Gasteiger partial charge < -0.3 is 10.2 Å². The summed E-state index contributed by atoms with van der Waals surface area (Å²) >= 11 is 11.6. The lowest BCUT2D eigenvalue weighted by molar-refractivity contribution is -0.132. The fourth-order valence-electron chi connectivity index (χ4n) is 1.57. The number of carbonyl (C=O) groups is 2. The molecule has 4 nitrogen and oxygen atoms in total. The Kier molecular flexibility index (Phi) is 6.12. The van der Waals surface area contributed by atoms with Crippen LogP contribution in [0.15, 0.2) is 18.2 Å². The Balaban J connectivity index is 2.63. The van der Waals surface area contributed by atoms with Gasteiger partial charge in [-0.1, -0.05) is 30.1 Å². The molecule has 0 heterocycles. The fourth-order valence-corrected chi connectivity index (χ4v) is 1.86. The van der Waals surface area contributed by atoms with Crippen LogP contribution in [0.3, 0.4) is 0 Å². The van der Waals surface area contributed by atoms with Gasteiger partial charge >= 0.3 is 0 Å². The van der Waals surface area contributed by atoms with Gasteiger partial charge in [0.25, 0.3) is 0 Å². The summed E-state index contributed by atoms with van der Waals surface area (Å²) in [6, 6.07) is 4.83. The minimum absolute atomic E-state index is 0.0312. The number of amides is 2. The van der Waals surface area contributed by atoms with Crippen molar-refractivity contribution in [3.8, 4) is 0 Å². The third kappa shape index (κ3) is 5.09. The van der Waals surface area contributed by atoms with Crippen LogP contribution < -0.4 is 5.32 Å². The Morgan fingerprint density at radius 2 is 1.95 bits per heavy atom. The Bertz CT molecular complexity index is 478. The van der Waals surface area contributed by atoms with Gasteiger partial charge in [-0.15, -0.1) is 0 Å². The number of anilines is 1. The van der Waals surface area contributed by atoms with Crippen LogP contribution in [0, 0.1) is 0 Å². The number of halogens is 2. The lowest BCUT2D eigenvalue weighted by Crippen LogP contribution is -2.37. The smallest absolute Gasteiger partial charge is 0.243 e. The summed E-state index contributed by atoms with van der Waals surface area (Å²) in [5.41, 5.74) is 0.555. The maximum Gasteiger partial charge on any atom is 0.243 e. The highest BCUT2D eigenvalue weighted by Gasteiger charge is 2.13. The summed E-state index contributed by atoms with van der Waals surface area (Å²) in [4.78, 5) is 24.6. The van der Waals surface area contributed by atoms with Gasteiger partial charge in [0, 0.05) is 19.2 Å². The van der Waals surface area contributed by atoms with E-state index in [0.717, 1.165) is 6.42 Å². The number of nitrogens with one attached hydrogen (secondary N) is 1. The summed E-state index contributed by atoms with van der Waals surface area (Å²) < 4.78 is 0. The first-order valence-electron chi connectivity index (χ1n) is 5.94. The van der Waals surface area contributed by atoms with E-state index < -0.39 is 0 Å². The predicted octanol–water partition coefficient (Wildman–Crippen LogP) is 3.19. The topological polar surface area (TPSA) is 49.4 Å². The molecule has 0 bridgehead atoms. The molecule has 0 atom stereocenters. The molecule has 0 aliphatic rings. The maximum absolute atomic E-state index is 11.8. The zero-order valence-corrected chi connectivity index (χ0v) is 12.4. The molecule has 2 amide bonds. The van der Waals surface area contributed by atoms with Crippen LogP contribution >= 0.6 is 23.2 Å². The molecule has 0 aliphatic carbocycles. The predicted molar refractivity (Wildman–Crippen MR) is 77.6 cm³/mol. The monoisotopic (exact) mass is 302 g/mol. The third-order valence-corrected chi connectivity index (χ3v) is 3.22. The van der Waals surface area contributed by atoms with Crippen molar-refractivity contribution in [3.05, 3.63) is 28.2 Å². The van der Waals surface area contributed by atoms with Crippen LogP contribution in [-0.2, 0) is 9.59 Å². The van der Waals surface area contributed by atoms with Crippen LogP contribution in [0.2, 0.25) is 10.0 Å². The van der Waals surface area contributed by atoms with Crippen molar-refractivity contribution in [3.63, 3.8) is 0 Å². The van der Waals surface area contributed by atoms with E-state index in [-0.39, 0.29) is 18.4 Å². The molecule has 0 unspecified atom stereocenters. The van der Waals surface area contributed by atoms with E-state index >= 15 is 0 Å². The standard InChI is InChI=1S/C13H16Cl2N2O2/c1-3-6-17(9(2)18)8-13(19)16-10-4-5-11(14)12(15)7-10/h4-5,7H,3,6,8H2,1-2H3,(H,16,19). The Labute approximate surface area is 122 Å². The van der Waals surface area contributed by atoms with Crippen molar-refractivity contribution < 1.29 is 9.59 Å². The first kappa shape index (κ1) is 15.8. The van der Waals surface area contributed by atoms with E-state index in [4.69, 9.17) is 23.2 Å². The second-order valence-electron chi connectivity index (χ2n) is 4.12. The molecular weight excluding hydrogens is 287 g/mol. The Morgan fingerprint density at radius 3 is 2.47 bits per heavy atom. The van der Waals surface area contributed by atoms with Gasteiger partial charge in [0.1, 0.15) is 0 Å². The number of rotatable bonds is 5. The Morgan fingerprint density at radius 1 is 1.26 bits per heavy atom. The van der Waals surface area contributed by atoms with E-state index in [0.29, 0.717) is 22.3 Å². The second kappa shape index (κ2) is 7.36. The van der Waals surface area contributed by atoms with E-state index in [1.165, 1.54) is 11.8 Å². The molecule has 6 heteroatoms. The average molecular weight is 303 g/mol. The molecule has 0 fully saturated rings. The molecular formula is C13H16Cl2N2O2. The summed E-state index contributed by atoms with van der Waals surface area (Å²) in [6.45, 7) is 3.99. The van der Waals surface area contributed by atoms with Crippen LogP contribution in [-0.4, -0.2) is 29.8 Å². The van der Waals surface area contributed by atoms with Crippen LogP contribution in [0.25, 0.3) is 0 Å². The van der Waals surface area contributed by atoms with Crippen LogP contribution in [0.1, 0.15) is 20.3 Å². The van der Waals surface area contributed by atoms with Gasteiger partial charge in [0.15, 0.2) is 0 Å². The lowest BCUT2D eigenvalue weighted by atomic mass is 10.3. The summed E-state index contributed by atoms with van der Waals surface area (Å²) in [6.07, 6.45) is 0.805. The largest absolute Gasteiger partial charge is 0.334 e. The molecule has 1 aromatic carbocycles. The van der Waals surface area contributed by atoms with Crippen LogP contribution in [0.5, 0.6) is 0 Å². The van der Waals surface area contributed by atoms with Gasteiger partial charge in [-0.2, -0.15) is 0 Å². The average Bonchev–Trinajstić information content (AvgIpc) is 2.33. The van der Waals surface area contributed by atoms with Gasteiger partial charge in [0.2, 0.25) is 11.8 Å². The summed E-state index contributed by atoms with van der Waals surface area (Å²) in [5, 5.41) is 3.48. The van der Waals surface area contributed by atoms with Crippen molar-refractivity contribution in [2.75, 3.05) is 18.4 Å². The highest BCUT2D eigenvalue weighted by atomic mass is 35.5. The van der Waals surface area contributed by atoms with Crippen molar-refractivity contribution in [1.29, 1.82) is 0 Å². The third-order valence-electron chi connectivity index (χ3n) is 2.48. The van der Waals surface area contributed by atoms with Crippen molar-refractivity contribution in [2.45, 2.75) is 20.3 Å². The van der Waals surface area contributed by atoms with Crippen molar-refractivity contribution >= 4 is 40.7 Å². The van der Waals surface area contributed by atoms with Crippen molar-refractivity contribution in [2.24, 2.45) is 0 Å². The number of carbonyl (C=O) groups excluding carboxylic acids is 2. The number of hydrogen-bond donors (Lipinski definition) is 1. The molecule has 0 saturated carbocycles. The molecule has 0 radical (unpaired) electrons. The normalized spacial score (nSPS) is 10.1. The molecule has 0 saturated heterocycles. The van der Waals surface area contributed by atoms with Gasteiger partial charge in [0.05, 0.1) is 16.6 Å². The minimum atomic E-state index is -0.262. The summed E-state index contributed by atoms with van der Waals surface area (Å²) in [7, 11) is 0. The molecule has 0 aliphatic heterocycles. The van der Waals surface area contributed by atoms with Crippen molar-refractivity contribution in [1.82, 2.24) is 4.90 Å². The molecule has 104 valence electrons. The molecule has 0 aromatic heterocycles. The molecule has 1 rings (SSSR count). The first-order chi connectivity index (χ1) is 8.93. The van der Waals surface area contributed by atoms with Gasteiger partial charge in [-0.05, 0) is 24.6 Å². The Hall–Kier alpha value is -1.26. The van der Waals surface area contributed by atoms with E-state index in [9.17, 15) is 9.59 Å². The fraction of sp³-hybridized carbons (Fsp3) is 0.385. The lowest BCUT2D eigenvalue weighted by Gasteiger charge is -2.19. The number of hydrogen-bond acceptors (Lipinski definition) is 2. The van der Waals surface area contributed by atoms with E-state index in [1.807, 2.05) is 6.92 Å². The summed E-state index contributed by atoms with van der Waals surface area (Å²) in [5.74, 6) is -0.381. The first-order valence-corrected chi connectivity index (χ1v) is 6.70. The quantitative estimate of drug-likeness (QED) is 0.908. The zero-order chi connectivity index (χ0) is 14.4. The highest BCUT2D eigenvalue weighted by molar-refractivity contribution is 6.42. The highest BCUT2D eigenvalue weighted by Crippen LogP contribution is 2.24. The molecule has 19 heavy (non-hydrogen) atoms. The molecule has 0 spiro atoms. The van der Waals surface area contributed by atoms with Gasteiger partial charge in [-0.3, -0.25) is 9.59 Å². The molecule has 1 aromatic rings. The molecule has 1 N–H and O–H groups in total. The maximum atomic E-state index is 11.8. The minimum Gasteiger partial charge on any atom is -0.334 e. The second-order valence-corrected chi connectivity index (χ2v) is 4.93. The van der Waals surface area contributed by atoms with E-state index in [1.54, 1.807) is 18.2 Å². The van der Waals surface area contributed by atoms with E-state index in [2.05, 4.69) is 5.32 Å². The zero-order valence-electron chi connectivity index (χ0n) is 10.9. The number of nitrogens with zero attached hydrogens (tertiary/aromatic N) is 1. The van der Waals surface area contributed by atoms with Crippen LogP contribution in [0.4, 0.5) is 5.69 Å².